The standard InChI is InChI=1S/C23H22ClN7O4/c1-23(27-21(33)30(2)22(34)31(23)13-14-3-5-15(24)6-4-14)26-16-7-9-17(10-8-16)35-19-12-11-18(20(25)32)28-29-19/h3-12,26H,13H2,1-2H3,(H2,25,32)(H,27,33). The molecule has 1 unspecified atom stereocenters. The molecular formula is C23H22ClN7O4. The fourth-order valence-electron chi connectivity index (χ4n) is 3.43. The maximum absolute atomic E-state index is 13.0. The molecule has 0 radical (unpaired) electrons. The Kier molecular flexibility index (Phi) is 6.43. The number of imide groups is 1. The van der Waals surface area contributed by atoms with E-state index in [1.54, 1.807) is 43.3 Å². The van der Waals surface area contributed by atoms with Crippen molar-refractivity contribution in [2.24, 2.45) is 5.73 Å². The molecule has 1 aliphatic heterocycles. The second-order valence-electron chi connectivity index (χ2n) is 7.93. The highest BCUT2D eigenvalue weighted by Crippen LogP contribution is 2.27. The first-order valence-electron chi connectivity index (χ1n) is 10.5. The van der Waals surface area contributed by atoms with Gasteiger partial charge >= 0.3 is 12.1 Å². The van der Waals surface area contributed by atoms with Gasteiger partial charge in [-0.3, -0.25) is 15.0 Å². The molecule has 1 aromatic heterocycles. The van der Waals surface area contributed by atoms with Crippen LogP contribution in [0.5, 0.6) is 11.6 Å². The van der Waals surface area contributed by atoms with E-state index in [1.165, 1.54) is 24.1 Å². The molecule has 0 spiro atoms. The predicted molar refractivity (Wildman–Crippen MR) is 128 cm³/mol. The number of halogens is 1. The third-order valence-corrected chi connectivity index (χ3v) is 5.58. The van der Waals surface area contributed by atoms with Gasteiger partial charge < -0.3 is 15.8 Å². The smallest absolute Gasteiger partial charge is 0.331 e. The molecule has 11 nitrogen and oxygen atoms in total. The molecule has 180 valence electrons. The third kappa shape index (κ3) is 5.25. The summed E-state index contributed by atoms with van der Waals surface area (Å²) in [6.45, 7) is 1.93. The quantitative estimate of drug-likeness (QED) is 0.456. The first-order valence-corrected chi connectivity index (χ1v) is 10.8. The summed E-state index contributed by atoms with van der Waals surface area (Å²) in [5.41, 5.74) is 6.65. The van der Waals surface area contributed by atoms with E-state index in [-0.39, 0.29) is 18.1 Å². The number of hydrogen-bond acceptors (Lipinski definition) is 7. The van der Waals surface area contributed by atoms with Crippen molar-refractivity contribution in [2.75, 3.05) is 12.4 Å². The Labute approximate surface area is 205 Å². The van der Waals surface area contributed by atoms with Crippen LogP contribution in [0.3, 0.4) is 0 Å². The molecule has 3 aromatic rings. The van der Waals surface area contributed by atoms with Gasteiger partial charge in [0, 0.05) is 23.8 Å². The lowest BCUT2D eigenvalue weighted by Gasteiger charge is -2.47. The zero-order valence-electron chi connectivity index (χ0n) is 18.9. The lowest BCUT2D eigenvalue weighted by Crippen LogP contribution is -2.73. The van der Waals surface area contributed by atoms with E-state index in [0.29, 0.717) is 16.5 Å². The van der Waals surface area contributed by atoms with Crippen molar-refractivity contribution < 1.29 is 19.1 Å². The molecule has 0 aliphatic carbocycles. The van der Waals surface area contributed by atoms with E-state index >= 15 is 0 Å². The van der Waals surface area contributed by atoms with Gasteiger partial charge in [-0.2, -0.15) is 0 Å². The van der Waals surface area contributed by atoms with Crippen molar-refractivity contribution in [1.82, 2.24) is 25.3 Å². The average Bonchev–Trinajstić information content (AvgIpc) is 2.83. The summed E-state index contributed by atoms with van der Waals surface area (Å²) in [5.74, 6) is -1.26. The van der Waals surface area contributed by atoms with Gasteiger partial charge in [0.2, 0.25) is 5.88 Å². The fourth-order valence-corrected chi connectivity index (χ4v) is 3.56. The number of primary amides is 1. The molecule has 12 heteroatoms. The molecule has 1 fully saturated rings. The van der Waals surface area contributed by atoms with Crippen LogP contribution in [-0.2, 0) is 6.54 Å². The number of urea groups is 2. The summed E-state index contributed by atoms with van der Waals surface area (Å²) in [7, 11) is 1.41. The highest BCUT2D eigenvalue weighted by Gasteiger charge is 2.45. The second-order valence-corrected chi connectivity index (χ2v) is 8.37. The molecule has 4 N–H and O–H groups in total. The molecule has 0 saturated carbocycles. The number of nitrogens with one attached hydrogen (secondary N) is 2. The maximum atomic E-state index is 13.0. The van der Waals surface area contributed by atoms with Gasteiger partial charge in [-0.05, 0) is 55.0 Å². The highest BCUT2D eigenvalue weighted by atomic mass is 35.5. The van der Waals surface area contributed by atoms with Crippen molar-refractivity contribution >= 4 is 35.3 Å². The highest BCUT2D eigenvalue weighted by molar-refractivity contribution is 6.30. The second kappa shape index (κ2) is 9.47. The van der Waals surface area contributed by atoms with E-state index < -0.39 is 23.8 Å². The minimum atomic E-state index is -1.22. The van der Waals surface area contributed by atoms with Crippen LogP contribution >= 0.6 is 11.6 Å². The maximum Gasteiger partial charge on any atom is 0.331 e. The Morgan fingerprint density at radius 2 is 1.77 bits per heavy atom. The predicted octanol–water partition coefficient (Wildman–Crippen LogP) is 3.38. The SMILES string of the molecule is CN1C(=O)NC(C)(Nc2ccc(Oc3ccc(C(N)=O)nn3)cc2)N(Cc2ccc(Cl)cc2)C1=O. The number of carbonyl (C=O) groups is 3. The van der Waals surface area contributed by atoms with Crippen LogP contribution in [-0.4, -0.2) is 50.8 Å². The van der Waals surface area contributed by atoms with Gasteiger partial charge in [0.25, 0.3) is 5.91 Å². The summed E-state index contributed by atoms with van der Waals surface area (Å²) >= 11 is 5.98. The molecule has 2 aromatic carbocycles. The summed E-state index contributed by atoms with van der Waals surface area (Å²) < 4.78 is 5.64. The first-order chi connectivity index (χ1) is 16.6. The van der Waals surface area contributed by atoms with E-state index in [2.05, 4.69) is 20.8 Å². The Balaban J connectivity index is 1.51. The molecule has 5 amide bonds. The number of benzene rings is 2. The number of ether oxygens (including phenoxy) is 1. The molecule has 1 saturated heterocycles. The summed E-state index contributed by atoms with van der Waals surface area (Å²) in [6.07, 6.45) is 0. The molecule has 1 aliphatic rings. The number of hydrogen-bond donors (Lipinski definition) is 3. The van der Waals surface area contributed by atoms with E-state index in [0.717, 1.165) is 10.5 Å². The number of carbonyl (C=O) groups excluding carboxylic acids is 3. The van der Waals surface area contributed by atoms with Gasteiger partial charge in [0.15, 0.2) is 11.5 Å². The topological polar surface area (TPSA) is 143 Å². The van der Waals surface area contributed by atoms with Crippen LogP contribution in [0.4, 0.5) is 15.3 Å². The zero-order chi connectivity index (χ0) is 25.2. The minimum absolute atomic E-state index is 0.0306. The number of nitrogens with zero attached hydrogens (tertiary/aromatic N) is 4. The Hall–Kier alpha value is -4.38. The monoisotopic (exact) mass is 495 g/mol. The molecule has 35 heavy (non-hydrogen) atoms. The van der Waals surface area contributed by atoms with Crippen molar-refractivity contribution in [3.05, 3.63) is 76.9 Å². The van der Waals surface area contributed by atoms with Crippen LogP contribution in [0.25, 0.3) is 0 Å². The average molecular weight is 496 g/mol. The van der Waals surface area contributed by atoms with E-state index in [1.807, 2.05) is 12.1 Å². The van der Waals surface area contributed by atoms with Gasteiger partial charge in [-0.1, -0.05) is 23.7 Å². The van der Waals surface area contributed by atoms with Crippen LogP contribution in [0, 0.1) is 0 Å². The summed E-state index contributed by atoms with van der Waals surface area (Å²) in [6, 6.07) is 15.8. The van der Waals surface area contributed by atoms with Crippen molar-refractivity contribution in [2.45, 2.75) is 19.3 Å². The van der Waals surface area contributed by atoms with Crippen molar-refractivity contribution in [3.8, 4) is 11.6 Å². The first kappa shape index (κ1) is 23.8. The normalized spacial score (nSPS) is 17.7. The number of nitrogens with two attached hydrogens (primary N) is 1. The van der Waals surface area contributed by atoms with Crippen molar-refractivity contribution in [1.29, 1.82) is 0 Å². The van der Waals surface area contributed by atoms with Gasteiger partial charge in [0.1, 0.15) is 5.75 Å². The molecular weight excluding hydrogens is 474 g/mol. The summed E-state index contributed by atoms with van der Waals surface area (Å²) in [4.78, 5) is 39.1. The Bertz CT molecular complexity index is 1250. The third-order valence-electron chi connectivity index (χ3n) is 5.32. The Morgan fingerprint density at radius 1 is 1.09 bits per heavy atom. The Morgan fingerprint density at radius 3 is 2.37 bits per heavy atom. The lowest BCUT2D eigenvalue weighted by molar-refractivity contribution is 0.0703. The number of amides is 5. The number of rotatable bonds is 7. The van der Waals surface area contributed by atoms with Gasteiger partial charge in [-0.15, -0.1) is 10.2 Å². The minimum Gasteiger partial charge on any atom is -0.438 e. The van der Waals surface area contributed by atoms with Crippen LogP contribution in [0.15, 0.2) is 60.7 Å². The largest absolute Gasteiger partial charge is 0.438 e. The van der Waals surface area contributed by atoms with Crippen LogP contribution in [0.2, 0.25) is 5.02 Å². The van der Waals surface area contributed by atoms with Gasteiger partial charge in [-0.25, -0.2) is 14.5 Å². The molecule has 4 rings (SSSR count). The zero-order valence-corrected chi connectivity index (χ0v) is 19.6. The lowest BCUT2D eigenvalue weighted by atomic mass is 10.1. The van der Waals surface area contributed by atoms with Gasteiger partial charge in [0.05, 0.1) is 6.54 Å². The van der Waals surface area contributed by atoms with Crippen LogP contribution < -0.4 is 21.1 Å². The molecule has 1 atom stereocenters. The molecule has 0 bridgehead atoms. The number of anilines is 1. The summed E-state index contributed by atoms with van der Waals surface area (Å²) in [5, 5.41) is 14.1. The van der Waals surface area contributed by atoms with E-state index in [9.17, 15) is 14.4 Å². The fraction of sp³-hybridized carbons (Fsp3) is 0.174. The van der Waals surface area contributed by atoms with Crippen LogP contribution in [0.1, 0.15) is 23.0 Å². The molecule has 2 heterocycles. The van der Waals surface area contributed by atoms with Crippen molar-refractivity contribution in [3.63, 3.8) is 0 Å². The van der Waals surface area contributed by atoms with E-state index in [4.69, 9.17) is 22.1 Å². The number of aromatic nitrogens is 2.